The van der Waals surface area contributed by atoms with Gasteiger partial charge in [-0.1, -0.05) is 0 Å². The molecule has 0 saturated heterocycles. The molecule has 0 aliphatic heterocycles. The molecule has 18 valence electrons. The second-order valence-corrected chi connectivity index (χ2v) is 0.269. The zero-order valence-corrected chi connectivity index (χ0v) is 3.08. The van der Waals surface area contributed by atoms with Crippen LogP contribution >= 0.6 is 0 Å². The Hall–Kier alpha value is -0.283. The van der Waals surface area contributed by atoms with E-state index in [1.807, 2.05) is 5.92 Å². The van der Waals surface area contributed by atoms with Crippen molar-refractivity contribution < 1.29 is 18.9 Å². The molecule has 0 heterocycles. The monoisotopic (exact) mass is 56.0 g/mol. The molecule has 0 aliphatic rings. The van der Waals surface area contributed by atoms with Crippen molar-refractivity contribution in [3.8, 4) is 18.3 Å². The molecule has 0 aromatic rings. The van der Waals surface area contributed by atoms with Crippen molar-refractivity contribution in [3.63, 3.8) is 0 Å². The second-order valence-electron chi connectivity index (χ2n) is 0.269. The van der Waals surface area contributed by atoms with Gasteiger partial charge in [0.15, 0.2) is 0 Å². The Morgan fingerprint density at radius 2 is 1.80 bits per heavy atom. The van der Waals surface area contributed by atoms with Crippen LogP contribution in [0.2, 0.25) is 0 Å². The van der Waals surface area contributed by atoms with Gasteiger partial charge in [-0.2, -0.15) is 0 Å². The maximum Gasteiger partial charge on any atom is 1.00 e. The molecule has 5 heavy (non-hydrogen) atoms. The molecule has 0 radical (unpaired) electrons. The van der Waals surface area contributed by atoms with Gasteiger partial charge in [0, 0.05) is 0 Å². The Bertz CT molecular complexity index is 58.6. The minimum atomic E-state index is 0. The van der Waals surface area contributed by atoms with E-state index in [4.69, 9.17) is 6.42 Å². The Morgan fingerprint density at radius 1 is 1.60 bits per heavy atom. The van der Waals surface area contributed by atoms with Crippen LogP contribution in [0.1, 0.15) is 0 Å². The molecule has 0 bridgehead atoms. The van der Waals surface area contributed by atoms with Crippen LogP contribution in [0.5, 0.6) is 0 Å². The number of hydrogen-bond donors (Lipinski definition) is 0. The van der Waals surface area contributed by atoms with Crippen LogP contribution in [0.4, 0.5) is 0 Å². The molecule has 0 aromatic heterocycles. The standard InChI is InChI=1S/C4H.Li/c1-3-4-2;/h1H;/q-1;+1. The molecule has 0 aromatic carbocycles. The molecular weight excluding hydrogens is 55.0 g/mol. The summed E-state index contributed by atoms with van der Waals surface area (Å²) in [7, 11) is 0. The third-order valence-electron chi connectivity index (χ3n) is 0.0722. The molecule has 1 heteroatoms. The Balaban J connectivity index is 0. The molecule has 0 aliphatic carbocycles. The Labute approximate surface area is 44.1 Å². The first kappa shape index (κ1) is 8.83. The maximum atomic E-state index is 5.97. The van der Waals surface area contributed by atoms with Crippen molar-refractivity contribution in [2.45, 2.75) is 0 Å². The molecule has 0 fully saturated rings. The van der Waals surface area contributed by atoms with Gasteiger partial charge in [-0.3, -0.25) is 11.8 Å². The summed E-state index contributed by atoms with van der Waals surface area (Å²) < 4.78 is 0. The van der Waals surface area contributed by atoms with Gasteiger partial charge in [-0.25, -0.2) is 6.42 Å². The van der Waals surface area contributed by atoms with Gasteiger partial charge < -0.3 is 6.42 Å². The summed E-state index contributed by atoms with van der Waals surface area (Å²) in [6.07, 6.45) is 10.4. The summed E-state index contributed by atoms with van der Waals surface area (Å²) in [5.41, 5.74) is 0. The average molecular weight is 56.0 g/mol. The topological polar surface area (TPSA) is 0 Å². The van der Waals surface area contributed by atoms with Crippen molar-refractivity contribution in [3.05, 3.63) is 6.42 Å². The predicted octanol–water partition coefficient (Wildman–Crippen LogP) is -2.79. The van der Waals surface area contributed by atoms with E-state index in [1.54, 1.807) is 5.92 Å². The molecular formula is C4HLi. The van der Waals surface area contributed by atoms with Crippen LogP contribution < -0.4 is 18.9 Å². The van der Waals surface area contributed by atoms with Crippen LogP contribution in [0, 0.1) is 24.7 Å². The van der Waals surface area contributed by atoms with E-state index in [1.165, 1.54) is 0 Å². The van der Waals surface area contributed by atoms with Gasteiger partial charge in [0.05, 0.1) is 0 Å². The van der Waals surface area contributed by atoms with E-state index in [9.17, 15) is 0 Å². The minimum absolute atomic E-state index is 0. The molecule has 0 amide bonds. The fourth-order valence-corrected chi connectivity index (χ4v) is 0. The molecule has 0 spiro atoms. The van der Waals surface area contributed by atoms with Gasteiger partial charge in [-0.15, -0.1) is 0 Å². The molecule has 0 rings (SSSR count). The summed E-state index contributed by atoms with van der Waals surface area (Å²) in [4.78, 5) is 0. The van der Waals surface area contributed by atoms with E-state index >= 15 is 0 Å². The number of rotatable bonds is 0. The fourth-order valence-electron chi connectivity index (χ4n) is 0. The van der Waals surface area contributed by atoms with Crippen molar-refractivity contribution in [2.75, 3.05) is 0 Å². The number of terminal acetylenes is 1. The van der Waals surface area contributed by atoms with Gasteiger partial charge >= 0.3 is 18.9 Å². The first-order chi connectivity index (χ1) is 1.91. The zero-order valence-electron chi connectivity index (χ0n) is 3.08. The molecule has 0 N–H and O–H groups in total. The van der Waals surface area contributed by atoms with Crippen LogP contribution in [-0.4, -0.2) is 0 Å². The Kier molecular flexibility index (Phi) is 16.4. The van der Waals surface area contributed by atoms with Crippen LogP contribution in [0.25, 0.3) is 0 Å². The molecule has 0 unspecified atom stereocenters. The molecule has 0 saturated carbocycles. The molecule has 0 nitrogen and oxygen atoms in total. The number of hydrogen-bond acceptors (Lipinski definition) is 0. The van der Waals surface area contributed by atoms with E-state index in [2.05, 4.69) is 6.42 Å². The first-order valence-electron chi connectivity index (χ1n) is 0.789. The SMILES string of the molecule is [C-]#CC#C.[Li+]. The van der Waals surface area contributed by atoms with E-state index in [0.29, 0.717) is 0 Å². The second kappa shape index (κ2) is 9.31. The van der Waals surface area contributed by atoms with Gasteiger partial charge in [0.2, 0.25) is 0 Å². The van der Waals surface area contributed by atoms with Crippen LogP contribution in [-0.2, 0) is 0 Å². The van der Waals surface area contributed by atoms with Crippen molar-refractivity contribution in [1.82, 2.24) is 0 Å². The summed E-state index contributed by atoms with van der Waals surface area (Å²) in [6.45, 7) is 0. The summed E-state index contributed by atoms with van der Waals surface area (Å²) in [5, 5.41) is 0. The molecule has 0 atom stereocenters. The van der Waals surface area contributed by atoms with Crippen molar-refractivity contribution >= 4 is 0 Å². The van der Waals surface area contributed by atoms with Gasteiger partial charge in [-0.05, 0) is 0 Å². The maximum absolute atomic E-state index is 5.97. The van der Waals surface area contributed by atoms with E-state index < -0.39 is 0 Å². The zero-order chi connectivity index (χ0) is 3.41. The van der Waals surface area contributed by atoms with Crippen molar-refractivity contribution in [1.29, 1.82) is 0 Å². The smallest absolute Gasteiger partial charge is 0.358 e. The van der Waals surface area contributed by atoms with Gasteiger partial charge in [0.1, 0.15) is 0 Å². The Morgan fingerprint density at radius 3 is 1.80 bits per heavy atom. The minimum Gasteiger partial charge on any atom is -0.358 e. The van der Waals surface area contributed by atoms with Crippen molar-refractivity contribution in [2.24, 2.45) is 0 Å². The van der Waals surface area contributed by atoms with Crippen LogP contribution in [0.3, 0.4) is 0 Å². The summed E-state index contributed by atoms with van der Waals surface area (Å²) >= 11 is 0. The normalized spacial score (nSPS) is 2.00. The largest absolute Gasteiger partial charge is 1.00 e. The van der Waals surface area contributed by atoms with Gasteiger partial charge in [0.25, 0.3) is 0 Å². The first-order valence-corrected chi connectivity index (χ1v) is 0.789. The van der Waals surface area contributed by atoms with E-state index in [-0.39, 0.29) is 18.9 Å². The predicted molar refractivity (Wildman–Crippen MR) is 16.0 cm³/mol. The van der Waals surface area contributed by atoms with Crippen LogP contribution in [0.15, 0.2) is 0 Å². The summed E-state index contributed by atoms with van der Waals surface area (Å²) in [5.74, 6) is 3.56. The third-order valence-corrected chi connectivity index (χ3v) is 0.0722. The average Bonchev–Trinajstić information content (AvgIpc) is 1.37. The van der Waals surface area contributed by atoms with E-state index in [0.717, 1.165) is 0 Å². The fraction of sp³-hybridized carbons (Fsp3) is 0. The third kappa shape index (κ3) is 21.3. The quantitative estimate of drug-likeness (QED) is 0.160. The summed E-state index contributed by atoms with van der Waals surface area (Å²) in [6, 6.07) is 0.